The molecule has 0 unspecified atom stereocenters. The quantitative estimate of drug-likeness (QED) is 0.409. The second-order valence-corrected chi connectivity index (χ2v) is 9.35. The van der Waals surface area contributed by atoms with Gasteiger partial charge in [0.25, 0.3) is 0 Å². The molecule has 5 rings (SSSR count). The van der Waals surface area contributed by atoms with Gasteiger partial charge < -0.3 is 24.3 Å². The lowest BCUT2D eigenvalue weighted by Crippen LogP contribution is -2.26. The fourth-order valence-corrected chi connectivity index (χ4v) is 4.08. The van der Waals surface area contributed by atoms with Gasteiger partial charge in [-0.05, 0) is 60.6 Å². The van der Waals surface area contributed by atoms with Gasteiger partial charge in [0, 0.05) is 28.4 Å². The summed E-state index contributed by atoms with van der Waals surface area (Å²) in [4.78, 5) is 14.1. The number of ketones is 1. The Morgan fingerprint density at radius 1 is 1.30 bits per heavy atom. The van der Waals surface area contributed by atoms with Gasteiger partial charge in [-0.1, -0.05) is 26.8 Å². The van der Waals surface area contributed by atoms with Crippen LogP contribution in [-0.2, 0) is 28.5 Å². The summed E-state index contributed by atoms with van der Waals surface area (Å²) >= 11 is 0. The van der Waals surface area contributed by atoms with Gasteiger partial charge in [-0.15, -0.1) is 8.78 Å². The first-order chi connectivity index (χ1) is 22.0. The summed E-state index contributed by atoms with van der Waals surface area (Å²) < 4.78 is 152. The maximum absolute atomic E-state index is 15.9. The van der Waals surface area contributed by atoms with E-state index in [1.807, 2.05) is 0 Å². The van der Waals surface area contributed by atoms with E-state index < -0.39 is 108 Å². The van der Waals surface area contributed by atoms with Crippen LogP contribution in [0.4, 0.5) is 13.2 Å². The van der Waals surface area contributed by atoms with E-state index in [-0.39, 0.29) is 16.6 Å². The fraction of sp³-hybridized carbons (Fsp3) is 0.464. The highest BCUT2D eigenvalue weighted by atomic mass is 19.3. The minimum absolute atomic E-state index is 0.0111. The van der Waals surface area contributed by atoms with Gasteiger partial charge in [-0.3, -0.25) is 4.79 Å². The molecule has 2 aliphatic rings. The molecular formula is C28H30F3NO5. The summed E-state index contributed by atoms with van der Waals surface area (Å²) in [6.07, 6.45) is -15.5. The van der Waals surface area contributed by atoms with Crippen LogP contribution >= 0.6 is 0 Å². The van der Waals surface area contributed by atoms with Crippen molar-refractivity contribution in [3.63, 3.8) is 0 Å². The Labute approximate surface area is 229 Å². The number of halogens is 3. The average molecular weight is 530 g/mol. The van der Waals surface area contributed by atoms with Crippen LogP contribution < -0.4 is 9.47 Å². The first-order valence-corrected chi connectivity index (χ1v) is 11.2. The van der Waals surface area contributed by atoms with Gasteiger partial charge in [0.1, 0.15) is 11.6 Å². The van der Waals surface area contributed by atoms with E-state index in [0.717, 1.165) is 6.07 Å². The highest BCUT2D eigenvalue weighted by Gasteiger charge is 2.52. The molecule has 0 bridgehead atoms. The molecule has 9 heteroatoms. The molecule has 1 aliphatic heterocycles. The van der Waals surface area contributed by atoms with Gasteiger partial charge in [0.15, 0.2) is 11.5 Å². The Hall–Kier alpha value is -3.04. The lowest BCUT2D eigenvalue weighted by Gasteiger charge is -2.26. The zero-order valence-corrected chi connectivity index (χ0v) is 19.8. The van der Waals surface area contributed by atoms with Crippen LogP contribution in [0.1, 0.15) is 73.2 Å². The Morgan fingerprint density at radius 2 is 2.00 bits per heavy atom. The molecule has 37 heavy (non-hydrogen) atoms. The Balaban J connectivity index is 1.70. The average Bonchev–Trinajstić information content (AvgIpc) is 3.31. The number of hydrogen-bond donors (Lipinski definition) is 2. The molecule has 1 fully saturated rings. The molecule has 198 valence electrons. The molecule has 2 N–H and O–H groups in total. The van der Waals surface area contributed by atoms with E-state index in [4.69, 9.17) is 16.4 Å². The third-order valence-electron chi connectivity index (χ3n) is 6.58. The first kappa shape index (κ1) is 14.8. The van der Waals surface area contributed by atoms with Crippen molar-refractivity contribution in [2.75, 3.05) is 6.56 Å². The summed E-state index contributed by atoms with van der Waals surface area (Å²) in [7, 11) is 0. The summed E-state index contributed by atoms with van der Waals surface area (Å²) in [5.74, 6) is -4.88. The van der Waals surface area contributed by atoms with Crippen LogP contribution in [0.5, 0.6) is 11.5 Å². The maximum Gasteiger partial charge on any atom is 0.586 e. The molecule has 0 radical (unpaired) electrons. The molecule has 1 saturated carbocycles. The standard InChI is InChI=1S/C28H30F3NO5/c1-4-26(2,3)24-10-17-9-16(20(29)13-21(17)32(24)14-19(34)15-33)11-25(35)27(7-8-27)18-5-6-22-23(12-18)37-28(30,31)36-22/h5-6,9-10,12-13,19,33-34H,4,7-8,11,14-15H2,1-3H3/t19-/m0/s1/i5D,6D,7D2,8D2,12D,14D2,15D2,19D. The van der Waals surface area contributed by atoms with Gasteiger partial charge in [0.2, 0.25) is 0 Å². The highest BCUT2D eigenvalue weighted by molar-refractivity contribution is 5.95. The number of nitrogens with zero attached hydrogens (tertiary/aromatic N) is 1. The minimum atomic E-state index is -4.39. The van der Waals surface area contributed by atoms with Crippen LogP contribution in [0, 0.1) is 5.82 Å². The van der Waals surface area contributed by atoms with Crippen molar-refractivity contribution < 1.29 is 54.1 Å². The van der Waals surface area contributed by atoms with Crippen LogP contribution in [0.2, 0.25) is 0 Å². The summed E-state index contributed by atoms with van der Waals surface area (Å²) in [5, 5.41) is 20.4. The molecule has 6 nitrogen and oxygen atoms in total. The number of rotatable bonds is 9. The number of fused-ring (bicyclic) bond motifs is 2. The number of aliphatic hydroxyl groups is 2. The van der Waals surface area contributed by atoms with Crippen molar-refractivity contribution in [1.82, 2.24) is 4.57 Å². The van der Waals surface area contributed by atoms with Crippen LogP contribution in [0.3, 0.4) is 0 Å². The number of carbonyl (C=O) groups is 1. The van der Waals surface area contributed by atoms with E-state index in [1.54, 1.807) is 20.8 Å². The van der Waals surface area contributed by atoms with Crippen LogP contribution in [0.25, 0.3) is 10.9 Å². The number of hydrogen-bond acceptors (Lipinski definition) is 5. The van der Waals surface area contributed by atoms with E-state index in [1.165, 1.54) is 6.07 Å². The normalized spacial score (nSPS) is 27.4. The van der Waals surface area contributed by atoms with Crippen molar-refractivity contribution in [3.05, 3.63) is 59.0 Å². The summed E-state index contributed by atoms with van der Waals surface area (Å²) in [6.45, 7) is -2.31. The van der Waals surface area contributed by atoms with Gasteiger partial charge in [-0.25, -0.2) is 4.39 Å². The topological polar surface area (TPSA) is 80.9 Å². The second kappa shape index (κ2) is 8.77. The van der Waals surface area contributed by atoms with Crippen LogP contribution in [-0.4, -0.2) is 39.5 Å². The number of benzene rings is 2. The van der Waals surface area contributed by atoms with Crippen molar-refractivity contribution in [1.29, 1.82) is 0 Å². The molecule has 2 aromatic carbocycles. The van der Waals surface area contributed by atoms with Gasteiger partial charge in [-0.2, -0.15) is 0 Å². The molecule has 1 aliphatic carbocycles. The lowest BCUT2D eigenvalue weighted by atomic mass is 9.86. The largest absolute Gasteiger partial charge is 0.586 e. The monoisotopic (exact) mass is 529 g/mol. The van der Waals surface area contributed by atoms with Crippen molar-refractivity contribution in [2.45, 2.75) is 76.1 Å². The fourth-order valence-electron chi connectivity index (χ4n) is 4.08. The maximum atomic E-state index is 15.9. The second-order valence-electron chi connectivity index (χ2n) is 9.35. The Morgan fingerprint density at radius 3 is 2.65 bits per heavy atom. The molecule has 1 aromatic heterocycles. The van der Waals surface area contributed by atoms with Crippen molar-refractivity contribution in [3.8, 4) is 11.5 Å². The van der Waals surface area contributed by atoms with Gasteiger partial charge >= 0.3 is 6.29 Å². The molecule has 0 saturated heterocycles. The Bertz CT molecular complexity index is 1910. The molecule has 0 amide bonds. The predicted octanol–water partition coefficient (Wildman–Crippen LogP) is 4.99. The molecular weight excluding hydrogens is 487 g/mol. The zero-order valence-electron chi connectivity index (χ0n) is 31.8. The van der Waals surface area contributed by atoms with E-state index in [0.29, 0.717) is 17.1 Å². The third-order valence-corrected chi connectivity index (χ3v) is 6.58. The highest BCUT2D eigenvalue weighted by Crippen LogP contribution is 2.52. The predicted molar refractivity (Wildman–Crippen MR) is 131 cm³/mol. The van der Waals surface area contributed by atoms with Crippen molar-refractivity contribution in [2.24, 2.45) is 0 Å². The molecule has 1 atom stereocenters. The number of Topliss-reactive ketones (excluding diaryl/α,β-unsaturated/α-hetero) is 1. The minimum Gasteiger partial charge on any atom is -0.395 e. The number of alkyl halides is 2. The Kier molecular flexibility index (Phi) is 3.50. The van der Waals surface area contributed by atoms with E-state index >= 15 is 4.39 Å². The number of aromatic nitrogens is 1. The van der Waals surface area contributed by atoms with Crippen LogP contribution in [0.15, 0.2) is 36.3 Å². The summed E-state index contributed by atoms with van der Waals surface area (Å²) in [5.41, 5.74) is -6.02. The smallest absolute Gasteiger partial charge is 0.395 e. The number of ether oxygens (including phenoxy) is 2. The van der Waals surface area contributed by atoms with Crippen molar-refractivity contribution >= 4 is 16.7 Å². The molecule has 0 spiro atoms. The molecule has 3 aromatic rings. The van der Waals surface area contributed by atoms with E-state index in [9.17, 15) is 23.8 Å². The lowest BCUT2D eigenvalue weighted by molar-refractivity contribution is -0.286. The summed E-state index contributed by atoms with van der Waals surface area (Å²) in [6, 6.07) is -0.501. The molecule has 2 heterocycles. The SMILES string of the molecule is [2H]c1c([2H])c(C2(C(=O)Cc3cc4cc(C(C)(C)CC)n(C([2H])([2H])[C@]([2H])(O)C([2H])([2H])O)c4cc3F)C([2H])([2H])C2([2H])[2H])c([2H])c2c1OC(F)(F)O2. The van der Waals surface area contributed by atoms with Gasteiger partial charge in [0.05, 0.1) is 41.0 Å². The third kappa shape index (κ3) is 4.48. The first-order valence-electron chi connectivity index (χ1n) is 17.2. The van der Waals surface area contributed by atoms with E-state index in [2.05, 4.69) is 9.47 Å². The number of carbonyl (C=O) groups excluding carboxylic acids is 1. The zero-order chi connectivity index (χ0) is 37.5.